The zero-order chi connectivity index (χ0) is 32.3. The van der Waals surface area contributed by atoms with Gasteiger partial charge in [0.2, 0.25) is 12.3 Å². The average Bonchev–Trinajstić information content (AvgIpc) is 3.41. The number of carbonyl (C=O) groups excluding carboxylic acids is 2. The minimum atomic E-state index is -4.59. The molecule has 1 aromatic heterocycles. The number of pyridine rings is 1. The van der Waals surface area contributed by atoms with Gasteiger partial charge in [-0.3, -0.25) is 9.59 Å². The SMILES string of the molecule is NCCCN(CC(F)(F)F)C(=O)C1c2ccccc2-c2ccc(-c3ccccc3-c3ccccc3)c(-c3ccc(NC=O)nc3)c21. The third kappa shape index (κ3) is 6.01. The van der Waals surface area contributed by atoms with E-state index in [9.17, 15) is 22.8 Å². The van der Waals surface area contributed by atoms with Gasteiger partial charge in [-0.15, -0.1) is 0 Å². The lowest BCUT2D eigenvalue weighted by Gasteiger charge is -2.29. The number of halogens is 3. The predicted molar refractivity (Wildman–Crippen MR) is 174 cm³/mol. The molecular weight excluding hydrogens is 589 g/mol. The van der Waals surface area contributed by atoms with Crippen molar-refractivity contribution in [2.75, 3.05) is 25.0 Å². The molecule has 1 aliphatic rings. The van der Waals surface area contributed by atoms with E-state index in [0.29, 0.717) is 34.5 Å². The maximum Gasteiger partial charge on any atom is 0.406 e. The molecule has 0 radical (unpaired) electrons. The number of nitrogens with two attached hydrogens (primary N) is 1. The summed E-state index contributed by atoms with van der Waals surface area (Å²) in [5, 5.41) is 2.54. The van der Waals surface area contributed by atoms with Crippen LogP contribution in [0.5, 0.6) is 0 Å². The third-order valence-corrected chi connectivity index (χ3v) is 8.22. The largest absolute Gasteiger partial charge is 0.406 e. The van der Waals surface area contributed by atoms with Crippen LogP contribution in [0.2, 0.25) is 0 Å². The maximum absolute atomic E-state index is 14.4. The van der Waals surface area contributed by atoms with Gasteiger partial charge in [-0.05, 0) is 75.2 Å². The van der Waals surface area contributed by atoms with Crippen molar-refractivity contribution in [2.24, 2.45) is 5.73 Å². The lowest BCUT2D eigenvalue weighted by Crippen LogP contribution is -2.42. The molecule has 1 heterocycles. The van der Waals surface area contributed by atoms with E-state index >= 15 is 0 Å². The highest BCUT2D eigenvalue weighted by molar-refractivity contribution is 6.04. The van der Waals surface area contributed by atoms with Crippen LogP contribution in [0.15, 0.2) is 109 Å². The summed E-state index contributed by atoms with van der Waals surface area (Å²) in [5.74, 6) is -1.30. The Kier molecular flexibility index (Phi) is 8.68. The van der Waals surface area contributed by atoms with Crippen molar-refractivity contribution in [2.45, 2.75) is 18.5 Å². The molecule has 1 unspecified atom stereocenters. The molecule has 232 valence electrons. The van der Waals surface area contributed by atoms with Crippen LogP contribution in [0.3, 0.4) is 0 Å². The fraction of sp³-hybridized carbons (Fsp3) is 0.162. The zero-order valence-electron chi connectivity index (χ0n) is 24.8. The number of nitrogens with zero attached hydrogens (tertiary/aromatic N) is 2. The van der Waals surface area contributed by atoms with Crippen LogP contribution < -0.4 is 11.1 Å². The summed E-state index contributed by atoms with van der Waals surface area (Å²) in [6, 6.07) is 32.6. The number of alkyl halides is 3. The van der Waals surface area contributed by atoms with Crippen LogP contribution in [-0.4, -0.2) is 48.0 Å². The van der Waals surface area contributed by atoms with E-state index in [-0.39, 0.29) is 19.5 Å². The molecule has 0 bridgehead atoms. The van der Waals surface area contributed by atoms with E-state index < -0.39 is 24.5 Å². The Hall–Kier alpha value is -5.28. The van der Waals surface area contributed by atoms with Crippen molar-refractivity contribution in [3.05, 3.63) is 120 Å². The Balaban J connectivity index is 1.63. The molecule has 0 spiro atoms. The average molecular weight is 621 g/mol. The Morgan fingerprint density at radius 2 is 1.48 bits per heavy atom. The van der Waals surface area contributed by atoms with Crippen molar-refractivity contribution < 1.29 is 22.8 Å². The molecule has 3 N–H and O–H groups in total. The second-order valence-corrected chi connectivity index (χ2v) is 11.1. The summed E-state index contributed by atoms with van der Waals surface area (Å²) >= 11 is 0. The van der Waals surface area contributed by atoms with Gasteiger partial charge in [-0.25, -0.2) is 4.98 Å². The number of rotatable bonds is 10. The molecule has 0 saturated carbocycles. The number of hydrogen-bond acceptors (Lipinski definition) is 4. The highest BCUT2D eigenvalue weighted by atomic mass is 19.4. The van der Waals surface area contributed by atoms with Gasteiger partial charge in [0.15, 0.2) is 0 Å². The van der Waals surface area contributed by atoms with Crippen LogP contribution in [0.25, 0.3) is 44.5 Å². The monoisotopic (exact) mass is 620 g/mol. The minimum absolute atomic E-state index is 0.123. The maximum atomic E-state index is 14.4. The van der Waals surface area contributed by atoms with E-state index in [1.807, 2.05) is 84.9 Å². The molecule has 9 heteroatoms. The molecular formula is C37H31F3N4O2. The van der Waals surface area contributed by atoms with Crippen LogP contribution in [0.4, 0.5) is 19.0 Å². The van der Waals surface area contributed by atoms with E-state index in [0.717, 1.165) is 38.3 Å². The van der Waals surface area contributed by atoms with Crippen molar-refractivity contribution in [1.29, 1.82) is 0 Å². The summed E-state index contributed by atoms with van der Waals surface area (Å²) in [6.45, 7) is -1.35. The number of benzene rings is 4. The summed E-state index contributed by atoms with van der Waals surface area (Å²) in [6.07, 6.45) is -2.21. The Morgan fingerprint density at radius 1 is 0.804 bits per heavy atom. The van der Waals surface area contributed by atoms with Crippen LogP contribution in [-0.2, 0) is 9.59 Å². The number of aromatic nitrogens is 1. The lowest BCUT2D eigenvalue weighted by atomic mass is 9.82. The van der Waals surface area contributed by atoms with E-state index in [2.05, 4.69) is 10.3 Å². The topological polar surface area (TPSA) is 88.3 Å². The fourth-order valence-corrected chi connectivity index (χ4v) is 6.32. The van der Waals surface area contributed by atoms with Gasteiger partial charge in [0, 0.05) is 18.3 Å². The molecule has 0 fully saturated rings. The summed E-state index contributed by atoms with van der Waals surface area (Å²) in [5.41, 5.74) is 13.5. The summed E-state index contributed by atoms with van der Waals surface area (Å²) in [7, 11) is 0. The summed E-state index contributed by atoms with van der Waals surface area (Å²) in [4.78, 5) is 30.8. The lowest BCUT2D eigenvalue weighted by molar-refractivity contribution is -0.161. The number of carbonyl (C=O) groups is 2. The molecule has 2 amide bonds. The van der Waals surface area contributed by atoms with Crippen molar-refractivity contribution in [3.63, 3.8) is 0 Å². The smallest absolute Gasteiger partial charge is 0.333 e. The molecule has 5 aromatic rings. The second kappa shape index (κ2) is 13.0. The number of nitrogens with one attached hydrogen (secondary N) is 1. The first-order valence-corrected chi connectivity index (χ1v) is 14.9. The molecule has 6 nitrogen and oxygen atoms in total. The quantitative estimate of drug-likeness (QED) is 0.158. The van der Waals surface area contributed by atoms with Gasteiger partial charge >= 0.3 is 6.18 Å². The van der Waals surface area contributed by atoms with Gasteiger partial charge in [0.25, 0.3) is 0 Å². The molecule has 46 heavy (non-hydrogen) atoms. The van der Waals surface area contributed by atoms with Gasteiger partial charge in [0.1, 0.15) is 12.4 Å². The number of fused-ring (bicyclic) bond motifs is 3. The van der Waals surface area contributed by atoms with E-state index in [1.165, 1.54) is 0 Å². The number of anilines is 1. The molecule has 1 atom stereocenters. The van der Waals surface area contributed by atoms with E-state index in [1.54, 1.807) is 24.4 Å². The Labute approximate surface area is 264 Å². The van der Waals surface area contributed by atoms with E-state index in [4.69, 9.17) is 5.73 Å². The van der Waals surface area contributed by atoms with Crippen LogP contribution in [0, 0.1) is 0 Å². The van der Waals surface area contributed by atoms with Crippen molar-refractivity contribution in [3.8, 4) is 44.5 Å². The first kappa shape index (κ1) is 30.7. The standard InChI is InChI=1S/C37H31F3N4O2/c38-37(39,40)22-44(20-8-19-41)36(46)35-29-14-7-6-13-28(29)31-17-16-30(27-12-5-4-11-26(27)24-9-2-1-3-10-24)33(34(31)35)25-15-18-32(42-21-25)43-23-45/h1-7,9-18,21,23,35H,8,19-20,22,41H2,(H,42,43,45). The molecule has 6 rings (SSSR count). The molecule has 1 aliphatic carbocycles. The van der Waals surface area contributed by atoms with Crippen LogP contribution >= 0.6 is 0 Å². The Bertz CT molecular complexity index is 1870. The van der Waals surface area contributed by atoms with Gasteiger partial charge in [-0.2, -0.15) is 13.2 Å². The number of amides is 2. The van der Waals surface area contributed by atoms with Crippen molar-refractivity contribution >= 4 is 18.1 Å². The van der Waals surface area contributed by atoms with Gasteiger partial charge < -0.3 is 16.0 Å². The highest BCUT2D eigenvalue weighted by Crippen LogP contribution is 2.53. The molecule has 0 aliphatic heterocycles. The molecule has 4 aromatic carbocycles. The minimum Gasteiger partial charge on any atom is -0.333 e. The first-order chi connectivity index (χ1) is 22.3. The van der Waals surface area contributed by atoms with Gasteiger partial charge in [0.05, 0.1) is 5.92 Å². The zero-order valence-corrected chi connectivity index (χ0v) is 24.8. The fourth-order valence-electron chi connectivity index (χ4n) is 6.32. The second-order valence-electron chi connectivity index (χ2n) is 11.1. The number of hydrogen-bond donors (Lipinski definition) is 2. The first-order valence-electron chi connectivity index (χ1n) is 14.9. The highest BCUT2D eigenvalue weighted by Gasteiger charge is 2.42. The van der Waals surface area contributed by atoms with Crippen molar-refractivity contribution in [1.82, 2.24) is 9.88 Å². The van der Waals surface area contributed by atoms with Crippen LogP contribution in [0.1, 0.15) is 23.5 Å². The van der Waals surface area contributed by atoms with Gasteiger partial charge in [-0.1, -0.05) is 91.0 Å². The third-order valence-electron chi connectivity index (χ3n) is 8.22. The molecule has 0 saturated heterocycles. The summed E-state index contributed by atoms with van der Waals surface area (Å²) < 4.78 is 41.5. The normalized spacial score (nSPS) is 13.5. The predicted octanol–water partition coefficient (Wildman–Crippen LogP) is 7.50. The Morgan fingerprint density at radius 3 is 2.15 bits per heavy atom.